The van der Waals surface area contributed by atoms with E-state index < -0.39 is 0 Å². The Morgan fingerprint density at radius 3 is 2.71 bits per heavy atom. The highest BCUT2D eigenvalue weighted by Crippen LogP contribution is 2.33. The van der Waals surface area contributed by atoms with Crippen LogP contribution in [0.1, 0.15) is 16.2 Å². The van der Waals surface area contributed by atoms with Crippen LogP contribution >= 0.6 is 0 Å². The predicted octanol–water partition coefficient (Wildman–Crippen LogP) is 3.67. The van der Waals surface area contributed by atoms with Gasteiger partial charge >= 0.3 is 0 Å². The fraction of sp³-hybridized carbons (Fsp3) is 0.143. The summed E-state index contributed by atoms with van der Waals surface area (Å²) in [7, 11) is 3.13. The van der Waals surface area contributed by atoms with Gasteiger partial charge in [0.15, 0.2) is 34.5 Å². The first kappa shape index (κ1) is 18.7. The van der Waals surface area contributed by atoms with E-state index in [2.05, 4.69) is 30.5 Å². The van der Waals surface area contributed by atoms with Gasteiger partial charge in [-0.25, -0.2) is 9.97 Å². The fourth-order valence-electron chi connectivity index (χ4n) is 3.44. The van der Waals surface area contributed by atoms with Gasteiger partial charge in [-0.1, -0.05) is 6.07 Å². The molecule has 5 rings (SSSR count). The molecule has 0 atom stereocenters. The molecule has 3 aromatic heterocycles. The number of H-pyrrole nitrogens is 2. The lowest BCUT2D eigenvalue weighted by atomic mass is 10.2. The number of aromatic nitrogens is 5. The Kier molecular flexibility index (Phi) is 4.32. The molecule has 10 heteroatoms. The Labute approximate surface area is 175 Å². The highest BCUT2D eigenvalue weighted by atomic mass is 16.5. The average Bonchev–Trinajstić information content (AvgIpc) is 3.48. The number of benzene rings is 2. The highest BCUT2D eigenvalue weighted by Gasteiger charge is 2.20. The molecule has 0 aliphatic rings. The number of fused-ring (bicyclic) bond motifs is 2. The maximum Gasteiger partial charge on any atom is 0.259 e. The van der Waals surface area contributed by atoms with Crippen molar-refractivity contribution in [1.82, 2.24) is 25.1 Å². The lowest BCUT2D eigenvalue weighted by molar-refractivity contribution is 0.102. The van der Waals surface area contributed by atoms with E-state index in [4.69, 9.17) is 13.9 Å². The molecule has 10 nitrogen and oxygen atoms in total. The molecular formula is C21H18N6O4. The average molecular weight is 418 g/mol. The van der Waals surface area contributed by atoms with Crippen LogP contribution in [0, 0.1) is 6.92 Å². The van der Waals surface area contributed by atoms with Crippen molar-refractivity contribution in [3.63, 3.8) is 0 Å². The van der Waals surface area contributed by atoms with Crippen LogP contribution in [0.2, 0.25) is 0 Å². The van der Waals surface area contributed by atoms with Gasteiger partial charge in [-0.15, -0.1) is 0 Å². The van der Waals surface area contributed by atoms with Crippen LogP contribution < -0.4 is 14.8 Å². The quantitative estimate of drug-likeness (QED) is 0.397. The van der Waals surface area contributed by atoms with Crippen LogP contribution in [0.15, 0.2) is 40.9 Å². The third kappa shape index (κ3) is 3.14. The first-order chi connectivity index (χ1) is 15.1. The minimum absolute atomic E-state index is 0.344. The number of hydrogen-bond donors (Lipinski definition) is 3. The topological polar surface area (TPSA) is 131 Å². The number of carbonyl (C=O) groups is 1. The molecule has 31 heavy (non-hydrogen) atoms. The van der Waals surface area contributed by atoms with E-state index >= 15 is 0 Å². The molecule has 0 aliphatic carbocycles. The monoisotopic (exact) mass is 418 g/mol. The van der Waals surface area contributed by atoms with Crippen LogP contribution in [0.4, 0.5) is 5.69 Å². The number of hydrogen-bond acceptors (Lipinski definition) is 7. The molecule has 0 unspecified atom stereocenters. The van der Waals surface area contributed by atoms with Gasteiger partial charge in [0.25, 0.3) is 5.91 Å². The number of rotatable bonds is 5. The zero-order valence-corrected chi connectivity index (χ0v) is 16.9. The van der Waals surface area contributed by atoms with Gasteiger partial charge < -0.3 is 24.2 Å². The lowest BCUT2D eigenvalue weighted by Crippen LogP contribution is -2.12. The van der Waals surface area contributed by atoms with Crippen LogP contribution in [-0.2, 0) is 0 Å². The molecule has 5 aromatic rings. The van der Waals surface area contributed by atoms with E-state index in [1.165, 1.54) is 0 Å². The van der Waals surface area contributed by atoms with Gasteiger partial charge in [0.05, 0.1) is 36.5 Å². The van der Waals surface area contributed by atoms with Crippen LogP contribution in [-0.4, -0.2) is 45.3 Å². The minimum Gasteiger partial charge on any atom is -0.493 e. The maximum absolute atomic E-state index is 13.0. The predicted molar refractivity (Wildman–Crippen MR) is 113 cm³/mol. The van der Waals surface area contributed by atoms with Gasteiger partial charge in [-0.3, -0.25) is 9.89 Å². The summed E-state index contributed by atoms with van der Waals surface area (Å²) in [6, 6.07) is 8.80. The van der Waals surface area contributed by atoms with Crippen molar-refractivity contribution in [2.24, 2.45) is 0 Å². The number of amides is 1. The normalized spacial score (nSPS) is 11.2. The highest BCUT2D eigenvalue weighted by molar-refractivity contribution is 6.11. The molecule has 0 aliphatic heterocycles. The fourth-order valence-corrected chi connectivity index (χ4v) is 3.44. The Balaban J connectivity index is 1.50. The first-order valence-electron chi connectivity index (χ1n) is 9.40. The number of ether oxygens (including phenoxy) is 2. The summed E-state index contributed by atoms with van der Waals surface area (Å²) >= 11 is 0. The summed E-state index contributed by atoms with van der Waals surface area (Å²) in [6.45, 7) is 1.74. The van der Waals surface area contributed by atoms with Crippen molar-refractivity contribution in [2.75, 3.05) is 19.5 Å². The third-order valence-electron chi connectivity index (χ3n) is 4.87. The number of nitrogens with one attached hydrogen (secondary N) is 3. The third-order valence-corrected chi connectivity index (χ3v) is 4.87. The van der Waals surface area contributed by atoms with Crippen molar-refractivity contribution < 1.29 is 18.7 Å². The number of para-hydroxylation sites is 1. The number of methoxy groups -OCH3 is 2. The Morgan fingerprint density at radius 2 is 1.90 bits per heavy atom. The summed E-state index contributed by atoms with van der Waals surface area (Å²) < 4.78 is 16.3. The van der Waals surface area contributed by atoms with Gasteiger partial charge in [0.2, 0.25) is 0 Å². The molecule has 0 saturated carbocycles. The van der Waals surface area contributed by atoms with Gasteiger partial charge in [-0.2, -0.15) is 5.10 Å². The van der Waals surface area contributed by atoms with E-state index in [1.807, 2.05) is 0 Å². The summed E-state index contributed by atoms with van der Waals surface area (Å²) in [5, 5.41) is 9.89. The van der Waals surface area contributed by atoms with Crippen molar-refractivity contribution in [2.45, 2.75) is 6.92 Å². The second kappa shape index (κ2) is 7.17. The van der Waals surface area contributed by atoms with E-state index in [0.29, 0.717) is 56.8 Å². The molecule has 3 heterocycles. The molecule has 156 valence electrons. The smallest absolute Gasteiger partial charge is 0.259 e. The Hall–Kier alpha value is -4.34. The Bertz CT molecular complexity index is 1390. The number of aromatic amines is 2. The largest absolute Gasteiger partial charge is 0.493 e. The van der Waals surface area contributed by atoms with Crippen LogP contribution in [0.3, 0.4) is 0 Å². The number of aryl methyl sites for hydroxylation is 1. The van der Waals surface area contributed by atoms with Crippen molar-refractivity contribution in [3.8, 4) is 23.0 Å². The standard InChI is InChI=1S/C21H18N6O4/c1-10-23-12-6-4-5-11(19(12)31-10)21(28)26-15-9-22-27-18(15)20-24-13-7-16(29-2)17(30-3)8-14(13)25-20/h4-9H,1-3H3,(H,22,27)(H,24,25)(H,26,28). The molecule has 0 bridgehead atoms. The number of imidazole rings is 1. The van der Waals surface area contributed by atoms with Crippen molar-refractivity contribution in [3.05, 3.63) is 48.0 Å². The molecule has 2 aromatic carbocycles. The van der Waals surface area contributed by atoms with Crippen LogP contribution in [0.5, 0.6) is 11.5 Å². The van der Waals surface area contributed by atoms with E-state index in [0.717, 1.165) is 5.52 Å². The molecule has 1 amide bonds. The summed E-state index contributed by atoms with van der Waals surface area (Å²) in [4.78, 5) is 25.0. The van der Waals surface area contributed by atoms with E-state index in [-0.39, 0.29) is 5.91 Å². The van der Waals surface area contributed by atoms with E-state index in [1.54, 1.807) is 57.7 Å². The molecular weight excluding hydrogens is 400 g/mol. The molecule has 0 fully saturated rings. The zero-order chi connectivity index (χ0) is 21.5. The second-order valence-corrected chi connectivity index (χ2v) is 6.80. The molecule has 0 saturated heterocycles. The first-order valence-corrected chi connectivity index (χ1v) is 9.40. The van der Waals surface area contributed by atoms with Gasteiger partial charge in [-0.05, 0) is 12.1 Å². The number of carbonyl (C=O) groups excluding carboxylic acids is 1. The van der Waals surface area contributed by atoms with Gasteiger partial charge in [0, 0.05) is 25.3 Å². The van der Waals surface area contributed by atoms with E-state index in [9.17, 15) is 4.79 Å². The minimum atomic E-state index is -0.344. The Morgan fingerprint density at radius 1 is 1.10 bits per heavy atom. The number of nitrogens with zero attached hydrogens (tertiary/aromatic N) is 3. The number of anilines is 1. The van der Waals surface area contributed by atoms with Crippen LogP contribution in [0.25, 0.3) is 33.7 Å². The SMILES string of the molecule is COc1cc2nc(-c3n[nH]cc3NC(=O)c3cccc4nc(C)oc34)[nH]c2cc1OC. The zero-order valence-electron chi connectivity index (χ0n) is 16.9. The lowest BCUT2D eigenvalue weighted by Gasteiger charge is -2.06. The molecule has 0 radical (unpaired) electrons. The second-order valence-electron chi connectivity index (χ2n) is 6.80. The maximum atomic E-state index is 13.0. The summed E-state index contributed by atoms with van der Waals surface area (Å²) in [5.41, 5.74) is 3.79. The molecule has 0 spiro atoms. The van der Waals surface area contributed by atoms with Crippen molar-refractivity contribution >= 4 is 33.7 Å². The summed E-state index contributed by atoms with van der Waals surface area (Å²) in [5.74, 6) is 1.78. The summed E-state index contributed by atoms with van der Waals surface area (Å²) in [6.07, 6.45) is 1.59. The van der Waals surface area contributed by atoms with Gasteiger partial charge in [0.1, 0.15) is 5.52 Å². The molecule has 3 N–H and O–H groups in total. The number of oxazole rings is 1. The van der Waals surface area contributed by atoms with Crippen molar-refractivity contribution in [1.29, 1.82) is 0 Å².